The molecule has 4 rings (SSSR count). The molecule has 0 amide bonds. The fourth-order valence-corrected chi connectivity index (χ4v) is 9.17. The molecule has 3 N–H and O–H groups in total. The zero-order valence-corrected chi connectivity index (χ0v) is 20.4. The third kappa shape index (κ3) is 3.65. The predicted molar refractivity (Wildman–Crippen MR) is 126 cm³/mol. The Balaban J connectivity index is 1.51. The van der Waals surface area contributed by atoms with Crippen molar-refractivity contribution < 1.29 is 5.11 Å². The van der Waals surface area contributed by atoms with Gasteiger partial charge in [0.15, 0.2) is 0 Å². The summed E-state index contributed by atoms with van der Waals surface area (Å²) in [6.07, 6.45) is 13.8. The van der Waals surface area contributed by atoms with Crippen molar-refractivity contribution in [3.63, 3.8) is 0 Å². The summed E-state index contributed by atoms with van der Waals surface area (Å²) in [4.78, 5) is 0. The summed E-state index contributed by atoms with van der Waals surface area (Å²) in [5, 5.41) is 15.5. The molecule has 30 heavy (non-hydrogen) atoms. The number of nitrogens with two attached hydrogens (primary N) is 1. The van der Waals surface area contributed by atoms with Crippen molar-refractivity contribution in [2.75, 3.05) is 0 Å². The Morgan fingerprint density at radius 3 is 2.47 bits per heavy atom. The van der Waals surface area contributed by atoms with Gasteiger partial charge in [0.25, 0.3) is 0 Å². The van der Waals surface area contributed by atoms with Gasteiger partial charge >= 0.3 is 0 Å². The van der Waals surface area contributed by atoms with Crippen molar-refractivity contribution in [3.05, 3.63) is 0 Å². The van der Waals surface area contributed by atoms with E-state index in [1.807, 2.05) is 0 Å². The average Bonchev–Trinajstić information content (AvgIpc) is 3.05. The van der Waals surface area contributed by atoms with Crippen molar-refractivity contribution in [2.24, 2.45) is 63.2 Å². The van der Waals surface area contributed by atoms with E-state index in [2.05, 4.69) is 39.7 Å². The number of rotatable bonds is 5. The van der Waals surface area contributed by atoms with E-state index in [-0.39, 0.29) is 6.10 Å². The molecule has 0 aromatic heterocycles. The van der Waals surface area contributed by atoms with Crippen molar-refractivity contribution in [1.29, 1.82) is 0 Å². The fourth-order valence-electron chi connectivity index (χ4n) is 9.17. The Morgan fingerprint density at radius 1 is 1.03 bits per heavy atom. The quantitative estimate of drug-likeness (QED) is 0.403. The number of hydrazone groups is 1. The molecule has 0 aromatic carbocycles. The molecule has 0 bridgehead atoms. The van der Waals surface area contributed by atoms with Crippen LogP contribution in [0.15, 0.2) is 5.10 Å². The van der Waals surface area contributed by atoms with Crippen molar-refractivity contribution in [2.45, 2.75) is 111 Å². The molecule has 3 nitrogen and oxygen atoms in total. The lowest BCUT2D eigenvalue weighted by Gasteiger charge is -2.62. The summed E-state index contributed by atoms with van der Waals surface area (Å²) >= 11 is 0. The van der Waals surface area contributed by atoms with Gasteiger partial charge < -0.3 is 10.9 Å². The molecule has 0 aromatic rings. The number of fused-ring (bicyclic) bond motifs is 5. The number of hydrogen-bond acceptors (Lipinski definition) is 3. The summed E-state index contributed by atoms with van der Waals surface area (Å²) in [5.74, 6) is 10.7. The monoisotopic (exact) mass is 416 g/mol. The topological polar surface area (TPSA) is 58.6 Å². The Hall–Kier alpha value is -0.570. The van der Waals surface area contributed by atoms with E-state index in [0.717, 1.165) is 42.9 Å². The van der Waals surface area contributed by atoms with Crippen LogP contribution in [0.1, 0.15) is 105 Å². The maximum Gasteiger partial charge on any atom is 0.0577 e. The lowest BCUT2D eigenvalue weighted by molar-refractivity contribution is -0.157. The number of aliphatic hydroxyl groups excluding tert-OH is 1. The molecule has 4 aliphatic carbocycles. The lowest BCUT2D eigenvalue weighted by atomic mass is 9.43. The van der Waals surface area contributed by atoms with Gasteiger partial charge in [-0.3, -0.25) is 0 Å². The first-order valence-electron chi connectivity index (χ1n) is 13.1. The first kappa shape index (κ1) is 22.6. The largest absolute Gasteiger partial charge is 0.393 e. The highest BCUT2D eigenvalue weighted by Gasteiger charge is 2.62. The predicted octanol–water partition coefficient (Wildman–Crippen LogP) is 6.39. The van der Waals surface area contributed by atoms with Gasteiger partial charge in [0.05, 0.1) is 6.10 Å². The Morgan fingerprint density at radius 2 is 1.77 bits per heavy atom. The number of aliphatic hydroxyl groups is 1. The molecule has 0 saturated heterocycles. The zero-order valence-electron chi connectivity index (χ0n) is 20.4. The van der Waals surface area contributed by atoms with Gasteiger partial charge in [-0.1, -0.05) is 53.9 Å². The molecule has 2 unspecified atom stereocenters. The summed E-state index contributed by atoms with van der Waals surface area (Å²) in [6, 6.07) is 0. The molecule has 0 aliphatic heterocycles. The minimum atomic E-state index is -0.121. The van der Waals surface area contributed by atoms with Crippen molar-refractivity contribution >= 4 is 5.71 Å². The van der Waals surface area contributed by atoms with E-state index in [1.54, 1.807) is 0 Å². The molecule has 4 aliphatic rings. The molecule has 0 heterocycles. The van der Waals surface area contributed by atoms with Gasteiger partial charge in [0, 0.05) is 5.71 Å². The number of nitrogens with zero attached hydrogens (tertiary/aromatic N) is 1. The van der Waals surface area contributed by atoms with Crippen LogP contribution in [0.25, 0.3) is 0 Å². The minimum absolute atomic E-state index is 0.121. The van der Waals surface area contributed by atoms with Crippen LogP contribution in [0, 0.1) is 52.3 Å². The van der Waals surface area contributed by atoms with Crippen LogP contribution in [-0.2, 0) is 0 Å². The molecule has 3 heteroatoms. The summed E-state index contributed by atoms with van der Waals surface area (Å²) in [6.45, 7) is 12.4. The van der Waals surface area contributed by atoms with Gasteiger partial charge in [0.2, 0.25) is 0 Å². The van der Waals surface area contributed by atoms with Crippen molar-refractivity contribution in [3.8, 4) is 0 Å². The van der Waals surface area contributed by atoms with Crippen molar-refractivity contribution in [1.82, 2.24) is 0 Å². The van der Waals surface area contributed by atoms with Crippen LogP contribution in [-0.4, -0.2) is 16.9 Å². The van der Waals surface area contributed by atoms with Crippen LogP contribution >= 0.6 is 0 Å². The van der Waals surface area contributed by atoms with Gasteiger partial charge in [0.1, 0.15) is 0 Å². The van der Waals surface area contributed by atoms with Crippen LogP contribution in [0.3, 0.4) is 0 Å². The average molecular weight is 417 g/mol. The highest BCUT2D eigenvalue weighted by Crippen LogP contribution is 2.68. The highest BCUT2D eigenvalue weighted by molar-refractivity contribution is 5.85. The highest BCUT2D eigenvalue weighted by atomic mass is 16.3. The van der Waals surface area contributed by atoms with Gasteiger partial charge in [-0.2, -0.15) is 5.10 Å². The molecule has 4 saturated carbocycles. The maximum atomic E-state index is 11.4. The molecule has 9 atom stereocenters. The van der Waals surface area contributed by atoms with E-state index in [1.165, 1.54) is 57.1 Å². The van der Waals surface area contributed by atoms with E-state index in [9.17, 15) is 5.11 Å². The van der Waals surface area contributed by atoms with E-state index in [0.29, 0.717) is 28.6 Å². The molecular formula is C27H48N2O. The normalized spacial score (nSPS) is 48.3. The van der Waals surface area contributed by atoms with Crippen LogP contribution < -0.4 is 5.84 Å². The smallest absolute Gasteiger partial charge is 0.0577 e. The molecule has 0 spiro atoms. The summed E-state index contributed by atoms with van der Waals surface area (Å²) < 4.78 is 0. The molecule has 4 fully saturated rings. The van der Waals surface area contributed by atoms with Crippen LogP contribution in [0.4, 0.5) is 0 Å². The molecular weight excluding hydrogens is 368 g/mol. The SMILES string of the molecule is CC(C)CCC[C@@H](C)[C@H]1CC[C@H]2C3C(CC[C@]12C)[C@@]1(C)CC/C(=N\N)C[C@@H]1C[C@@H]3O. The second kappa shape index (κ2) is 8.41. The fraction of sp³-hybridized carbons (Fsp3) is 0.963. The minimum Gasteiger partial charge on any atom is -0.393 e. The van der Waals surface area contributed by atoms with E-state index in [4.69, 9.17) is 5.84 Å². The van der Waals surface area contributed by atoms with Gasteiger partial charge in [-0.05, 0) is 104 Å². The summed E-state index contributed by atoms with van der Waals surface area (Å²) in [5.41, 5.74) is 2.00. The van der Waals surface area contributed by atoms with E-state index < -0.39 is 0 Å². The Kier molecular flexibility index (Phi) is 6.34. The van der Waals surface area contributed by atoms with Gasteiger partial charge in [-0.25, -0.2) is 0 Å². The second-order valence-electron chi connectivity index (χ2n) is 12.7. The first-order valence-corrected chi connectivity index (χ1v) is 13.1. The maximum absolute atomic E-state index is 11.4. The van der Waals surface area contributed by atoms with Gasteiger partial charge in [-0.15, -0.1) is 0 Å². The molecule has 172 valence electrons. The molecule has 0 radical (unpaired) electrons. The zero-order chi connectivity index (χ0) is 21.7. The van der Waals surface area contributed by atoms with Crippen LogP contribution in [0.2, 0.25) is 0 Å². The second-order valence-corrected chi connectivity index (χ2v) is 12.7. The van der Waals surface area contributed by atoms with Crippen LogP contribution in [0.5, 0.6) is 0 Å². The third-order valence-corrected chi connectivity index (χ3v) is 10.9. The van der Waals surface area contributed by atoms with E-state index >= 15 is 0 Å². The number of hydrogen-bond donors (Lipinski definition) is 2. The first-order chi connectivity index (χ1) is 14.2. The third-order valence-electron chi connectivity index (χ3n) is 10.9. The standard InChI is InChI=1S/C27H48N2O/c1-17(2)7-6-8-18(3)21-9-10-22-25-23(12-14-27(21,22)5)26(4)13-11-20(29-28)15-19(26)16-24(25)30/h17-19,21-25,30H,6-16,28H2,1-5H3/b29-20+/t18-,19-,21-,22+,23?,24+,25?,26+,27-/m1/s1. The lowest BCUT2D eigenvalue weighted by Crippen LogP contribution is -2.58. The Bertz CT molecular complexity index is 645. The Labute approximate surface area is 185 Å². The summed E-state index contributed by atoms with van der Waals surface area (Å²) in [7, 11) is 0.